The first-order valence-corrected chi connectivity index (χ1v) is 4.54. The summed E-state index contributed by atoms with van der Waals surface area (Å²) >= 11 is 0. The lowest BCUT2D eigenvalue weighted by Gasteiger charge is -2.10. The molecule has 1 aliphatic rings. The molecule has 0 aliphatic carbocycles. The first-order valence-electron chi connectivity index (χ1n) is 4.54. The van der Waals surface area contributed by atoms with Crippen LogP contribution in [0.4, 0.5) is 0 Å². The lowest BCUT2D eigenvalue weighted by Crippen LogP contribution is -2.21. The second kappa shape index (κ2) is 3.34. The van der Waals surface area contributed by atoms with E-state index in [0.29, 0.717) is 13.1 Å². The zero-order valence-electron chi connectivity index (χ0n) is 8.23. The quantitative estimate of drug-likeness (QED) is 0.732. The molecule has 1 amide bonds. The van der Waals surface area contributed by atoms with E-state index in [1.165, 1.54) is 19.2 Å². The minimum Gasteiger partial charge on any atom is -0.477 e. The molecule has 0 radical (unpaired) electrons. The van der Waals surface area contributed by atoms with Crippen molar-refractivity contribution in [2.45, 2.75) is 20.0 Å². The van der Waals surface area contributed by atoms with Crippen LogP contribution in [0.15, 0.2) is 12.3 Å². The van der Waals surface area contributed by atoms with Crippen LogP contribution >= 0.6 is 0 Å². The number of carbonyl (C=O) groups excluding carboxylic acids is 1. The largest absolute Gasteiger partial charge is 0.477 e. The van der Waals surface area contributed by atoms with Gasteiger partial charge in [-0.15, -0.1) is 0 Å². The Morgan fingerprint density at radius 2 is 2.07 bits per heavy atom. The van der Waals surface area contributed by atoms with Crippen molar-refractivity contribution in [2.75, 3.05) is 0 Å². The van der Waals surface area contributed by atoms with E-state index in [1.54, 1.807) is 4.90 Å². The Balaban J connectivity index is 2.31. The fraction of sp³-hybridized carbons (Fsp3) is 0.300. The number of carboxylic acids is 1. The number of hydrogen-bond acceptors (Lipinski definition) is 3. The van der Waals surface area contributed by atoms with Gasteiger partial charge in [0, 0.05) is 26.2 Å². The van der Waals surface area contributed by atoms with Crippen LogP contribution in [0, 0.1) is 0 Å². The highest BCUT2D eigenvalue weighted by Crippen LogP contribution is 2.22. The van der Waals surface area contributed by atoms with Crippen molar-refractivity contribution in [3.63, 3.8) is 0 Å². The lowest BCUT2D eigenvalue weighted by atomic mass is 10.1. The second-order valence-corrected chi connectivity index (χ2v) is 3.52. The maximum Gasteiger partial charge on any atom is 0.354 e. The van der Waals surface area contributed by atoms with E-state index in [4.69, 9.17) is 5.11 Å². The molecule has 2 heterocycles. The maximum atomic E-state index is 11.1. The summed E-state index contributed by atoms with van der Waals surface area (Å²) in [7, 11) is 0. The van der Waals surface area contributed by atoms with E-state index in [-0.39, 0.29) is 11.6 Å². The molecule has 0 atom stereocenters. The molecule has 15 heavy (non-hydrogen) atoms. The van der Waals surface area contributed by atoms with Gasteiger partial charge in [0.1, 0.15) is 5.69 Å². The Labute approximate surface area is 86.3 Å². The summed E-state index contributed by atoms with van der Waals surface area (Å²) < 4.78 is 0. The van der Waals surface area contributed by atoms with Crippen molar-refractivity contribution in [2.24, 2.45) is 0 Å². The van der Waals surface area contributed by atoms with Gasteiger partial charge in [-0.25, -0.2) is 9.78 Å². The molecular weight excluding hydrogens is 196 g/mol. The third-order valence-electron chi connectivity index (χ3n) is 2.47. The fourth-order valence-corrected chi connectivity index (χ4v) is 1.62. The second-order valence-electron chi connectivity index (χ2n) is 3.52. The molecule has 1 aromatic heterocycles. The summed E-state index contributed by atoms with van der Waals surface area (Å²) in [6.45, 7) is 2.50. The van der Waals surface area contributed by atoms with Crippen molar-refractivity contribution >= 4 is 11.9 Å². The van der Waals surface area contributed by atoms with Crippen LogP contribution in [0.1, 0.15) is 28.5 Å². The molecule has 1 aromatic rings. The van der Waals surface area contributed by atoms with E-state index in [1.807, 2.05) is 0 Å². The normalized spacial score (nSPS) is 13.8. The van der Waals surface area contributed by atoms with E-state index in [9.17, 15) is 9.59 Å². The van der Waals surface area contributed by atoms with Crippen molar-refractivity contribution in [3.8, 4) is 0 Å². The summed E-state index contributed by atoms with van der Waals surface area (Å²) in [6.07, 6.45) is 1.53. The van der Waals surface area contributed by atoms with Crippen molar-refractivity contribution in [1.29, 1.82) is 0 Å². The Morgan fingerprint density at radius 3 is 2.67 bits per heavy atom. The summed E-state index contributed by atoms with van der Waals surface area (Å²) in [5.74, 6) is -1.05. The summed E-state index contributed by atoms with van der Waals surface area (Å²) in [6, 6.07) is 1.53. The van der Waals surface area contributed by atoms with Gasteiger partial charge in [-0.2, -0.15) is 0 Å². The van der Waals surface area contributed by atoms with E-state index in [2.05, 4.69) is 4.98 Å². The number of aromatic carboxylic acids is 1. The Morgan fingerprint density at radius 1 is 1.40 bits per heavy atom. The van der Waals surface area contributed by atoms with Crippen LogP contribution in [-0.2, 0) is 17.9 Å². The van der Waals surface area contributed by atoms with Gasteiger partial charge < -0.3 is 10.0 Å². The van der Waals surface area contributed by atoms with Gasteiger partial charge in [-0.3, -0.25) is 4.79 Å². The van der Waals surface area contributed by atoms with Gasteiger partial charge in [0.2, 0.25) is 5.91 Å². The molecule has 0 bridgehead atoms. The van der Waals surface area contributed by atoms with Crippen LogP contribution in [0.2, 0.25) is 0 Å². The number of hydrogen-bond donors (Lipinski definition) is 1. The highest BCUT2D eigenvalue weighted by Gasteiger charge is 2.22. The van der Waals surface area contributed by atoms with Gasteiger partial charge >= 0.3 is 5.97 Å². The average Bonchev–Trinajstić information content (AvgIpc) is 2.59. The van der Waals surface area contributed by atoms with Gasteiger partial charge in [-0.1, -0.05) is 0 Å². The van der Waals surface area contributed by atoms with Crippen LogP contribution < -0.4 is 0 Å². The highest BCUT2D eigenvalue weighted by molar-refractivity contribution is 5.85. The lowest BCUT2D eigenvalue weighted by molar-refractivity contribution is -0.129. The van der Waals surface area contributed by atoms with E-state index < -0.39 is 5.97 Å². The summed E-state index contributed by atoms with van der Waals surface area (Å²) in [5.41, 5.74) is 1.83. The zero-order chi connectivity index (χ0) is 11.0. The Hall–Kier alpha value is -1.91. The Kier molecular flexibility index (Phi) is 2.15. The molecule has 0 aromatic carbocycles. The van der Waals surface area contributed by atoms with Crippen molar-refractivity contribution in [1.82, 2.24) is 9.88 Å². The number of nitrogens with zero attached hydrogens (tertiary/aromatic N) is 2. The van der Waals surface area contributed by atoms with E-state index >= 15 is 0 Å². The number of amides is 1. The fourth-order valence-electron chi connectivity index (χ4n) is 1.62. The SMILES string of the molecule is CC(=O)N1Cc2cnc(C(=O)O)cc2C1. The molecule has 5 heteroatoms. The molecule has 0 unspecified atom stereocenters. The molecule has 0 saturated heterocycles. The topological polar surface area (TPSA) is 70.5 Å². The van der Waals surface area contributed by atoms with Gasteiger partial charge in [0.25, 0.3) is 0 Å². The number of aromatic nitrogens is 1. The van der Waals surface area contributed by atoms with Gasteiger partial charge in [0.05, 0.1) is 0 Å². The number of fused-ring (bicyclic) bond motifs is 1. The third-order valence-corrected chi connectivity index (χ3v) is 2.47. The number of carboxylic acid groups (broad SMARTS) is 1. The zero-order valence-corrected chi connectivity index (χ0v) is 8.23. The molecule has 5 nitrogen and oxygen atoms in total. The average molecular weight is 206 g/mol. The summed E-state index contributed by atoms with van der Waals surface area (Å²) in [4.78, 5) is 27.3. The summed E-state index contributed by atoms with van der Waals surface area (Å²) in [5, 5.41) is 8.75. The molecule has 1 aliphatic heterocycles. The number of carbonyl (C=O) groups is 2. The molecule has 0 spiro atoms. The van der Waals surface area contributed by atoms with Gasteiger partial charge in [0.15, 0.2) is 0 Å². The predicted molar refractivity (Wildman–Crippen MR) is 51.1 cm³/mol. The van der Waals surface area contributed by atoms with Crippen molar-refractivity contribution < 1.29 is 14.7 Å². The minimum absolute atomic E-state index is 0.0110. The van der Waals surface area contributed by atoms with Crippen molar-refractivity contribution in [3.05, 3.63) is 29.1 Å². The molecule has 0 saturated carbocycles. The molecular formula is C10H10N2O3. The monoisotopic (exact) mass is 206 g/mol. The third kappa shape index (κ3) is 1.68. The molecule has 1 N–H and O–H groups in total. The highest BCUT2D eigenvalue weighted by atomic mass is 16.4. The first kappa shape index (κ1) is 9.64. The maximum absolute atomic E-state index is 11.1. The standard InChI is InChI=1S/C10H10N2O3/c1-6(13)12-4-7-2-9(10(14)15)11-3-8(7)5-12/h2-3H,4-5H2,1H3,(H,14,15). The predicted octanol–water partition coefficient (Wildman–Crippen LogP) is 0.642. The number of rotatable bonds is 1. The van der Waals surface area contributed by atoms with Crippen LogP contribution in [0.25, 0.3) is 0 Å². The molecule has 2 rings (SSSR count). The smallest absolute Gasteiger partial charge is 0.354 e. The van der Waals surface area contributed by atoms with Crippen LogP contribution in [-0.4, -0.2) is 26.9 Å². The van der Waals surface area contributed by atoms with Crippen LogP contribution in [0.5, 0.6) is 0 Å². The number of pyridine rings is 1. The van der Waals surface area contributed by atoms with Crippen LogP contribution in [0.3, 0.4) is 0 Å². The molecule has 78 valence electrons. The Bertz CT molecular complexity index is 442. The molecule has 0 fully saturated rings. The van der Waals surface area contributed by atoms with E-state index in [0.717, 1.165) is 11.1 Å². The first-order chi connectivity index (χ1) is 7.08. The minimum atomic E-state index is -1.04. The van der Waals surface area contributed by atoms with Gasteiger partial charge in [-0.05, 0) is 17.2 Å².